The molecule has 1 N–H and O–H groups in total. The van der Waals surface area contributed by atoms with E-state index in [-0.39, 0.29) is 29.9 Å². The Balaban J connectivity index is 1.94. The van der Waals surface area contributed by atoms with Gasteiger partial charge < -0.3 is 14.6 Å². The molecule has 9 heteroatoms. The van der Waals surface area contributed by atoms with Gasteiger partial charge in [0.2, 0.25) is 5.91 Å². The molecule has 1 aliphatic rings. The zero-order chi connectivity index (χ0) is 19.8. The topological polar surface area (TPSA) is 110 Å². The van der Waals surface area contributed by atoms with Gasteiger partial charge in [-0.1, -0.05) is 19.1 Å². The third-order valence-electron chi connectivity index (χ3n) is 4.89. The SMILES string of the molecule is CC1CCN(C(=O)Cn2c(CS(C)(=O)=O)nc3ccccc32)C(C(=O)O)C1. The van der Waals surface area contributed by atoms with Crippen molar-refractivity contribution in [3.8, 4) is 0 Å². The summed E-state index contributed by atoms with van der Waals surface area (Å²) >= 11 is 0. The first kappa shape index (κ1) is 19.3. The van der Waals surface area contributed by atoms with E-state index in [0.29, 0.717) is 24.0 Å². The molecule has 8 nitrogen and oxygen atoms in total. The normalized spacial score (nSPS) is 20.7. The molecular formula is C18H23N3O5S. The van der Waals surface area contributed by atoms with E-state index in [1.54, 1.807) is 28.8 Å². The number of aromatic nitrogens is 2. The van der Waals surface area contributed by atoms with Crippen LogP contribution in [0.25, 0.3) is 11.0 Å². The summed E-state index contributed by atoms with van der Waals surface area (Å²) < 4.78 is 25.1. The fourth-order valence-electron chi connectivity index (χ4n) is 3.55. The van der Waals surface area contributed by atoms with Crippen molar-refractivity contribution in [1.82, 2.24) is 14.5 Å². The van der Waals surface area contributed by atoms with Crippen molar-refractivity contribution in [1.29, 1.82) is 0 Å². The minimum Gasteiger partial charge on any atom is -0.480 e. The lowest BCUT2D eigenvalue weighted by molar-refractivity contribution is -0.153. The largest absolute Gasteiger partial charge is 0.480 e. The second-order valence-electron chi connectivity index (χ2n) is 7.24. The Morgan fingerprint density at radius 1 is 1.30 bits per heavy atom. The molecule has 1 aromatic carbocycles. The third kappa shape index (κ3) is 4.29. The molecule has 1 saturated heterocycles. The van der Waals surface area contributed by atoms with Gasteiger partial charge in [-0.25, -0.2) is 18.2 Å². The highest BCUT2D eigenvalue weighted by atomic mass is 32.2. The molecule has 2 unspecified atom stereocenters. The van der Waals surface area contributed by atoms with Crippen molar-refractivity contribution in [2.75, 3.05) is 12.8 Å². The van der Waals surface area contributed by atoms with E-state index >= 15 is 0 Å². The van der Waals surface area contributed by atoms with Gasteiger partial charge in [0.05, 0.1) is 11.0 Å². The van der Waals surface area contributed by atoms with E-state index in [4.69, 9.17) is 0 Å². The molecule has 0 spiro atoms. The van der Waals surface area contributed by atoms with E-state index in [9.17, 15) is 23.1 Å². The summed E-state index contributed by atoms with van der Waals surface area (Å²) in [5.74, 6) is -1.11. The van der Waals surface area contributed by atoms with Crippen LogP contribution in [-0.2, 0) is 31.7 Å². The van der Waals surface area contributed by atoms with E-state index in [0.717, 1.165) is 12.7 Å². The summed E-state index contributed by atoms with van der Waals surface area (Å²) in [5, 5.41) is 9.49. The molecule has 146 valence electrons. The van der Waals surface area contributed by atoms with Crippen molar-refractivity contribution in [2.24, 2.45) is 5.92 Å². The number of imidazole rings is 1. The number of fused-ring (bicyclic) bond motifs is 1. The zero-order valence-electron chi connectivity index (χ0n) is 15.3. The highest BCUT2D eigenvalue weighted by Crippen LogP contribution is 2.24. The Labute approximate surface area is 157 Å². The molecule has 2 atom stereocenters. The number of piperidine rings is 1. The lowest BCUT2D eigenvalue weighted by atomic mass is 9.92. The Bertz CT molecular complexity index is 982. The van der Waals surface area contributed by atoms with Crippen LogP contribution in [0.4, 0.5) is 0 Å². The number of benzene rings is 1. The summed E-state index contributed by atoms with van der Waals surface area (Å²) in [4.78, 5) is 30.3. The molecule has 1 fully saturated rings. The number of para-hydroxylation sites is 2. The lowest BCUT2D eigenvalue weighted by Gasteiger charge is -2.36. The average Bonchev–Trinajstić information content (AvgIpc) is 2.90. The van der Waals surface area contributed by atoms with Crippen molar-refractivity contribution in [3.05, 3.63) is 30.1 Å². The van der Waals surface area contributed by atoms with Crippen LogP contribution in [0.3, 0.4) is 0 Å². The third-order valence-corrected chi connectivity index (χ3v) is 5.67. The maximum Gasteiger partial charge on any atom is 0.326 e. The fourth-order valence-corrected chi connectivity index (χ4v) is 4.24. The number of sulfone groups is 1. The molecule has 0 bridgehead atoms. The van der Waals surface area contributed by atoms with Gasteiger partial charge in [0.15, 0.2) is 9.84 Å². The van der Waals surface area contributed by atoms with Gasteiger partial charge in [-0.05, 0) is 30.9 Å². The molecule has 2 heterocycles. The van der Waals surface area contributed by atoms with Crippen molar-refractivity contribution >= 4 is 32.7 Å². The smallest absolute Gasteiger partial charge is 0.326 e. The summed E-state index contributed by atoms with van der Waals surface area (Å²) in [6, 6.07) is 6.25. The number of aliphatic carboxylic acids is 1. The molecule has 3 rings (SSSR count). The first-order valence-electron chi connectivity index (χ1n) is 8.80. The summed E-state index contributed by atoms with van der Waals surface area (Å²) in [6.07, 6.45) is 2.28. The van der Waals surface area contributed by atoms with Crippen LogP contribution < -0.4 is 0 Å². The number of hydrogen-bond donors (Lipinski definition) is 1. The number of rotatable bonds is 5. The lowest BCUT2D eigenvalue weighted by Crippen LogP contribution is -2.50. The van der Waals surface area contributed by atoms with E-state index < -0.39 is 21.8 Å². The van der Waals surface area contributed by atoms with Crippen molar-refractivity contribution in [3.63, 3.8) is 0 Å². The zero-order valence-corrected chi connectivity index (χ0v) is 16.1. The monoisotopic (exact) mass is 393 g/mol. The standard InChI is InChI=1S/C18H23N3O5S/c1-12-7-8-20(15(9-12)18(23)24)17(22)10-21-14-6-4-3-5-13(14)19-16(21)11-27(2,25)26/h3-6,12,15H,7-11H2,1-2H3,(H,23,24). The van der Waals surface area contributed by atoms with Crippen LogP contribution in [0.5, 0.6) is 0 Å². The first-order chi connectivity index (χ1) is 12.7. The number of carbonyl (C=O) groups excluding carboxylic acids is 1. The molecular weight excluding hydrogens is 370 g/mol. The molecule has 27 heavy (non-hydrogen) atoms. The van der Waals surface area contributed by atoms with Crippen molar-refractivity contribution < 1.29 is 23.1 Å². The van der Waals surface area contributed by atoms with Gasteiger partial charge in [0.1, 0.15) is 24.2 Å². The number of likely N-dealkylation sites (tertiary alicyclic amines) is 1. The number of hydrogen-bond acceptors (Lipinski definition) is 5. The summed E-state index contributed by atoms with van der Waals surface area (Å²) in [6.45, 7) is 2.22. The highest BCUT2D eigenvalue weighted by Gasteiger charge is 2.35. The Morgan fingerprint density at radius 3 is 2.67 bits per heavy atom. The molecule has 0 aliphatic carbocycles. The highest BCUT2D eigenvalue weighted by molar-refractivity contribution is 7.89. The summed E-state index contributed by atoms with van der Waals surface area (Å²) in [7, 11) is -3.34. The maximum absolute atomic E-state index is 12.9. The Kier molecular flexibility index (Phi) is 5.23. The van der Waals surface area contributed by atoms with Gasteiger partial charge in [-0.2, -0.15) is 0 Å². The summed E-state index contributed by atoms with van der Waals surface area (Å²) in [5.41, 5.74) is 1.26. The number of nitrogens with zero attached hydrogens (tertiary/aromatic N) is 3. The van der Waals surface area contributed by atoms with Crippen LogP contribution in [0, 0.1) is 5.92 Å². The van der Waals surface area contributed by atoms with Crippen LogP contribution >= 0.6 is 0 Å². The van der Waals surface area contributed by atoms with Gasteiger partial charge >= 0.3 is 5.97 Å². The van der Waals surface area contributed by atoms with Crippen LogP contribution in [-0.4, -0.2) is 58.7 Å². The first-order valence-corrected chi connectivity index (χ1v) is 10.9. The number of carboxylic acids is 1. The molecule has 1 aromatic heterocycles. The van der Waals surface area contributed by atoms with Gasteiger partial charge in [-0.3, -0.25) is 4.79 Å². The second-order valence-corrected chi connectivity index (χ2v) is 9.38. The van der Waals surface area contributed by atoms with Crippen LogP contribution in [0.15, 0.2) is 24.3 Å². The van der Waals surface area contributed by atoms with Gasteiger partial charge in [-0.15, -0.1) is 0 Å². The van der Waals surface area contributed by atoms with E-state index in [1.807, 2.05) is 6.92 Å². The van der Waals surface area contributed by atoms with E-state index in [1.165, 1.54) is 4.90 Å². The molecule has 0 radical (unpaired) electrons. The second kappa shape index (κ2) is 7.30. The number of amides is 1. The van der Waals surface area contributed by atoms with Gasteiger partial charge in [0, 0.05) is 12.8 Å². The Hall–Kier alpha value is -2.42. The predicted molar refractivity (Wildman–Crippen MR) is 99.8 cm³/mol. The van der Waals surface area contributed by atoms with Crippen molar-refractivity contribution in [2.45, 2.75) is 38.1 Å². The average molecular weight is 393 g/mol. The molecule has 2 aromatic rings. The minimum atomic E-state index is -3.34. The maximum atomic E-state index is 12.9. The van der Waals surface area contributed by atoms with Crippen LogP contribution in [0.2, 0.25) is 0 Å². The van der Waals surface area contributed by atoms with Gasteiger partial charge in [0.25, 0.3) is 0 Å². The predicted octanol–water partition coefficient (Wildman–Crippen LogP) is 1.29. The van der Waals surface area contributed by atoms with Crippen LogP contribution in [0.1, 0.15) is 25.6 Å². The number of carboxylic acid groups (broad SMARTS) is 1. The van der Waals surface area contributed by atoms with E-state index in [2.05, 4.69) is 4.98 Å². The Morgan fingerprint density at radius 2 is 2.00 bits per heavy atom. The molecule has 1 aliphatic heterocycles. The quantitative estimate of drug-likeness (QED) is 0.820. The molecule has 0 saturated carbocycles. The molecule has 1 amide bonds. The minimum absolute atomic E-state index is 0.135. The fraction of sp³-hybridized carbons (Fsp3) is 0.500. The number of carbonyl (C=O) groups is 2.